The number of aromatic nitrogens is 4. The second kappa shape index (κ2) is 5.74. The maximum atomic E-state index is 12.0. The molecule has 0 aliphatic carbocycles. The van der Waals surface area contributed by atoms with Crippen molar-refractivity contribution in [1.82, 2.24) is 24.7 Å². The average Bonchev–Trinajstić information content (AvgIpc) is 3.16. The highest BCUT2D eigenvalue weighted by Crippen LogP contribution is 2.24. The van der Waals surface area contributed by atoms with E-state index in [2.05, 4.69) is 26.1 Å². The summed E-state index contributed by atoms with van der Waals surface area (Å²) in [7, 11) is 1.90. The summed E-state index contributed by atoms with van der Waals surface area (Å²) in [6.45, 7) is 2.16. The maximum Gasteiger partial charge on any atom is 0.265 e. The van der Waals surface area contributed by atoms with Gasteiger partial charge < -0.3 is 5.32 Å². The monoisotopic (exact) mass is 319 g/mol. The van der Waals surface area contributed by atoms with E-state index in [1.165, 1.54) is 0 Å². The largest absolute Gasteiger partial charge is 0.346 e. The van der Waals surface area contributed by atoms with Crippen LogP contribution in [0.1, 0.15) is 21.1 Å². The zero-order valence-corrected chi connectivity index (χ0v) is 13.2. The number of nitrogens with one attached hydrogen (secondary N) is 1. The van der Waals surface area contributed by atoms with E-state index in [1.807, 2.05) is 29.2 Å². The number of rotatable bonds is 4. The van der Waals surface area contributed by atoms with Gasteiger partial charge in [0.2, 0.25) is 0 Å². The highest BCUT2D eigenvalue weighted by molar-refractivity contribution is 7.13. The molecule has 108 valence electrons. The molecule has 0 bridgehead atoms. The minimum Gasteiger partial charge on any atom is -0.346 e. The molecule has 6 nitrogen and oxygen atoms in total. The zero-order valence-electron chi connectivity index (χ0n) is 11.5. The fourth-order valence-electron chi connectivity index (χ4n) is 1.96. The van der Waals surface area contributed by atoms with Gasteiger partial charge in [-0.2, -0.15) is 5.10 Å². The lowest BCUT2D eigenvalue weighted by molar-refractivity contribution is 0.0953. The van der Waals surface area contributed by atoms with Crippen LogP contribution in [0.3, 0.4) is 0 Å². The number of aryl methyl sites for hydroxylation is 2. The standard InChI is InChI=1S/C13H13N5OS2/c1-8-12(21-17-15-8)13(19)14-7-9-6-10(18(2)16-9)11-4-3-5-20-11/h3-6H,7H2,1-2H3,(H,14,19). The molecule has 3 aromatic rings. The van der Waals surface area contributed by atoms with Gasteiger partial charge in [-0.15, -0.1) is 16.4 Å². The van der Waals surface area contributed by atoms with Crippen molar-refractivity contribution in [3.63, 3.8) is 0 Å². The number of hydrogen-bond acceptors (Lipinski definition) is 6. The van der Waals surface area contributed by atoms with Crippen LogP contribution in [0.5, 0.6) is 0 Å². The van der Waals surface area contributed by atoms with Crippen LogP contribution in [0.25, 0.3) is 10.6 Å². The Morgan fingerprint density at radius 2 is 2.33 bits per heavy atom. The Bertz CT molecular complexity index is 759. The second-order valence-corrected chi connectivity index (χ2v) is 6.19. The van der Waals surface area contributed by atoms with Crippen LogP contribution in [0.4, 0.5) is 0 Å². The van der Waals surface area contributed by atoms with Gasteiger partial charge in [-0.3, -0.25) is 9.48 Å². The molecule has 0 aliphatic heterocycles. The predicted molar refractivity (Wildman–Crippen MR) is 82.3 cm³/mol. The maximum absolute atomic E-state index is 12.0. The Kier molecular flexibility index (Phi) is 3.80. The van der Waals surface area contributed by atoms with Crippen molar-refractivity contribution < 1.29 is 4.79 Å². The van der Waals surface area contributed by atoms with E-state index in [1.54, 1.807) is 18.3 Å². The predicted octanol–water partition coefficient (Wildman–Crippen LogP) is 2.24. The molecule has 21 heavy (non-hydrogen) atoms. The summed E-state index contributed by atoms with van der Waals surface area (Å²) in [4.78, 5) is 13.7. The number of hydrogen-bond donors (Lipinski definition) is 1. The SMILES string of the molecule is Cc1nnsc1C(=O)NCc1cc(-c2cccs2)n(C)n1. The first-order chi connectivity index (χ1) is 10.1. The Hall–Kier alpha value is -2.06. The third kappa shape index (κ3) is 2.86. The van der Waals surface area contributed by atoms with Gasteiger partial charge in [-0.1, -0.05) is 10.6 Å². The average molecular weight is 319 g/mol. The van der Waals surface area contributed by atoms with Gasteiger partial charge in [0.05, 0.1) is 28.5 Å². The molecule has 0 saturated heterocycles. The Morgan fingerprint density at radius 3 is 3.00 bits per heavy atom. The molecule has 3 heterocycles. The molecule has 0 saturated carbocycles. The third-order valence-corrected chi connectivity index (χ3v) is 4.71. The molecule has 1 N–H and O–H groups in total. The van der Waals surface area contributed by atoms with E-state index in [0.717, 1.165) is 27.8 Å². The first kappa shape index (κ1) is 13.9. The molecular formula is C13H13N5OS2. The van der Waals surface area contributed by atoms with Crippen molar-refractivity contribution in [1.29, 1.82) is 0 Å². The van der Waals surface area contributed by atoms with Gasteiger partial charge in [0.15, 0.2) is 0 Å². The van der Waals surface area contributed by atoms with Gasteiger partial charge in [-0.05, 0) is 36.0 Å². The van der Waals surface area contributed by atoms with Gasteiger partial charge in [0.25, 0.3) is 5.91 Å². The molecular weight excluding hydrogens is 306 g/mol. The van der Waals surface area contributed by atoms with Crippen LogP contribution >= 0.6 is 22.9 Å². The summed E-state index contributed by atoms with van der Waals surface area (Å²) in [5.74, 6) is -0.161. The molecule has 0 aliphatic rings. The second-order valence-electron chi connectivity index (χ2n) is 4.49. The molecule has 8 heteroatoms. The minimum absolute atomic E-state index is 0.161. The van der Waals surface area contributed by atoms with Crippen molar-refractivity contribution >= 4 is 28.8 Å². The first-order valence-corrected chi connectivity index (χ1v) is 7.94. The third-order valence-electron chi connectivity index (χ3n) is 2.99. The van der Waals surface area contributed by atoms with E-state index in [0.29, 0.717) is 17.1 Å². The molecule has 0 fully saturated rings. The smallest absolute Gasteiger partial charge is 0.265 e. The molecule has 0 unspecified atom stereocenters. The van der Waals surface area contributed by atoms with Crippen molar-refractivity contribution in [3.8, 4) is 10.6 Å². The van der Waals surface area contributed by atoms with E-state index < -0.39 is 0 Å². The van der Waals surface area contributed by atoms with E-state index in [-0.39, 0.29) is 5.91 Å². The molecule has 0 spiro atoms. The molecule has 1 amide bonds. The van der Waals surface area contributed by atoms with Gasteiger partial charge in [0, 0.05) is 7.05 Å². The van der Waals surface area contributed by atoms with Crippen molar-refractivity contribution in [2.45, 2.75) is 13.5 Å². The molecule has 3 aromatic heterocycles. The van der Waals surface area contributed by atoms with Crippen LogP contribution in [0, 0.1) is 6.92 Å². The van der Waals surface area contributed by atoms with Crippen LogP contribution < -0.4 is 5.32 Å². The van der Waals surface area contributed by atoms with E-state index >= 15 is 0 Å². The van der Waals surface area contributed by atoms with Crippen molar-refractivity contribution in [2.24, 2.45) is 7.05 Å². The zero-order chi connectivity index (χ0) is 14.8. The van der Waals surface area contributed by atoms with Gasteiger partial charge in [0.1, 0.15) is 4.88 Å². The Labute approximate surface area is 129 Å². The summed E-state index contributed by atoms with van der Waals surface area (Å²) in [6.07, 6.45) is 0. The summed E-state index contributed by atoms with van der Waals surface area (Å²) >= 11 is 2.77. The van der Waals surface area contributed by atoms with Crippen LogP contribution in [-0.2, 0) is 13.6 Å². The Morgan fingerprint density at radius 1 is 1.48 bits per heavy atom. The molecule has 0 radical (unpaired) electrons. The highest BCUT2D eigenvalue weighted by atomic mass is 32.1. The summed E-state index contributed by atoms with van der Waals surface area (Å²) in [6, 6.07) is 6.05. The van der Waals surface area contributed by atoms with Crippen molar-refractivity contribution in [3.05, 3.63) is 39.8 Å². The molecule has 3 rings (SSSR count). The molecule has 0 aromatic carbocycles. The summed E-state index contributed by atoms with van der Waals surface area (Å²) < 4.78 is 5.59. The number of carbonyl (C=O) groups is 1. The topological polar surface area (TPSA) is 72.7 Å². The fraction of sp³-hybridized carbons (Fsp3) is 0.231. The summed E-state index contributed by atoms with van der Waals surface area (Å²) in [5.41, 5.74) is 2.52. The number of carbonyl (C=O) groups excluding carboxylic acids is 1. The van der Waals surface area contributed by atoms with E-state index in [9.17, 15) is 4.79 Å². The normalized spacial score (nSPS) is 10.8. The quantitative estimate of drug-likeness (QED) is 0.800. The van der Waals surface area contributed by atoms with E-state index in [4.69, 9.17) is 0 Å². The van der Waals surface area contributed by atoms with Crippen LogP contribution in [-0.4, -0.2) is 25.3 Å². The van der Waals surface area contributed by atoms with Crippen molar-refractivity contribution in [2.75, 3.05) is 0 Å². The molecule has 0 atom stereocenters. The fourth-order valence-corrected chi connectivity index (χ4v) is 3.30. The lowest BCUT2D eigenvalue weighted by Gasteiger charge is -2.00. The van der Waals surface area contributed by atoms with Crippen LogP contribution in [0.2, 0.25) is 0 Å². The van der Waals surface area contributed by atoms with Crippen LogP contribution in [0.15, 0.2) is 23.6 Å². The van der Waals surface area contributed by atoms with Gasteiger partial charge in [-0.25, -0.2) is 0 Å². The lowest BCUT2D eigenvalue weighted by Crippen LogP contribution is -2.22. The lowest BCUT2D eigenvalue weighted by atomic mass is 10.3. The Balaban J connectivity index is 1.71. The minimum atomic E-state index is -0.161. The number of nitrogens with zero attached hydrogens (tertiary/aromatic N) is 4. The first-order valence-electron chi connectivity index (χ1n) is 6.29. The van der Waals surface area contributed by atoms with Gasteiger partial charge >= 0.3 is 0 Å². The summed E-state index contributed by atoms with van der Waals surface area (Å²) in [5, 5.41) is 13.1. The highest BCUT2D eigenvalue weighted by Gasteiger charge is 2.14. The number of thiophene rings is 1. The number of amides is 1.